The average molecular weight is 262 g/mol. The van der Waals surface area contributed by atoms with Crippen LogP contribution in [0.4, 0.5) is 5.69 Å². The molecule has 19 heavy (non-hydrogen) atoms. The first-order valence-corrected chi connectivity index (χ1v) is 6.87. The third kappa shape index (κ3) is 4.24. The molecule has 4 nitrogen and oxygen atoms in total. The minimum atomic E-state index is 0.122. The molecule has 1 fully saturated rings. The van der Waals surface area contributed by atoms with Crippen molar-refractivity contribution in [1.82, 2.24) is 5.32 Å². The van der Waals surface area contributed by atoms with Gasteiger partial charge in [0.05, 0.1) is 0 Å². The van der Waals surface area contributed by atoms with Crippen molar-refractivity contribution in [2.75, 3.05) is 18.9 Å². The summed E-state index contributed by atoms with van der Waals surface area (Å²) in [5.41, 5.74) is 7.56. The van der Waals surface area contributed by atoms with Gasteiger partial charge >= 0.3 is 0 Å². The standard InChI is InChI=1S/C15H22N2O2/c1-11(12-2-4-13(16)5-3-12)10-15(18)17-14-6-8-19-9-7-14/h2-5,11,14H,6-10,16H2,1H3,(H,17,18). The fourth-order valence-electron chi connectivity index (χ4n) is 2.35. The van der Waals surface area contributed by atoms with Crippen molar-refractivity contribution < 1.29 is 9.53 Å². The van der Waals surface area contributed by atoms with E-state index in [1.165, 1.54) is 0 Å². The van der Waals surface area contributed by atoms with Crippen molar-refractivity contribution in [1.29, 1.82) is 0 Å². The van der Waals surface area contributed by atoms with Crippen LogP contribution in [-0.2, 0) is 9.53 Å². The van der Waals surface area contributed by atoms with Crippen molar-refractivity contribution in [2.45, 2.75) is 38.1 Å². The van der Waals surface area contributed by atoms with Crippen LogP contribution >= 0.6 is 0 Å². The van der Waals surface area contributed by atoms with Crippen molar-refractivity contribution >= 4 is 11.6 Å². The molecule has 0 aromatic heterocycles. The lowest BCUT2D eigenvalue weighted by atomic mass is 9.97. The number of benzene rings is 1. The van der Waals surface area contributed by atoms with Gasteiger partial charge in [0.2, 0.25) is 5.91 Å². The van der Waals surface area contributed by atoms with Crippen molar-refractivity contribution in [3.63, 3.8) is 0 Å². The van der Waals surface area contributed by atoms with Gasteiger partial charge in [-0.1, -0.05) is 19.1 Å². The molecule has 1 saturated heterocycles. The number of amides is 1. The van der Waals surface area contributed by atoms with Crippen molar-refractivity contribution in [3.8, 4) is 0 Å². The second kappa shape index (κ2) is 6.57. The normalized spacial score (nSPS) is 17.9. The summed E-state index contributed by atoms with van der Waals surface area (Å²) in [6.45, 7) is 3.56. The number of nitrogen functional groups attached to an aromatic ring is 1. The number of hydrogen-bond acceptors (Lipinski definition) is 3. The smallest absolute Gasteiger partial charge is 0.220 e. The lowest BCUT2D eigenvalue weighted by Gasteiger charge is -2.23. The lowest BCUT2D eigenvalue weighted by molar-refractivity contribution is -0.122. The maximum atomic E-state index is 12.0. The fourth-order valence-corrected chi connectivity index (χ4v) is 2.35. The Balaban J connectivity index is 1.82. The quantitative estimate of drug-likeness (QED) is 0.816. The van der Waals surface area contributed by atoms with Gasteiger partial charge in [0, 0.05) is 31.4 Å². The topological polar surface area (TPSA) is 64.3 Å². The average Bonchev–Trinajstić information content (AvgIpc) is 2.40. The Bertz CT molecular complexity index is 411. The van der Waals surface area contributed by atoms with Crippen LogP contribution in [0.15, 0.2) is 24.3 Å². The molecule has 1 amide bonds. The van der Waals surface area contributed by atoms with Crippen LogP contribution in [0, 0.1) is 0 Å². The van der Waals surface area contributed by atoms with Crippen LogP contribution < -0.4 is 11.1 Å². The van der Waals surface area contributed by atoms with Gasteiger partial charge in [-0.25, -0.2) is 0 Å². The van der Waals surface area contributed by atoms with E-state index in [0.29, 0.717) is 6.42 Å². The number of hydrogen-bond donors (Lipinski definition) is 2. The number of anilines is 1. The molecular weight excluding hydrogens is 240 g/mol. The SMILES string of the molecule is CC(CC(=O)NC1CCOCC1)c1ccc(N)cc1. The summed E-state index contributed by atoms with van der Waals surface area (Å²) >= 11 is 0. The number of ether oxygens (including phenoxy) is 1. The molecule has 1 aliphatic rings. The summed E-state index contributed by atoms with van der Waals surface area (Å²) < 4.78 is 5.28. The molecule has 1 aromatic carbocycles. The number of carbonyl (C=O) groups is 1. The molecule has 104 valence electrons. The van der Waals surface area contributed by atoms with Gasteiger partial charge in [0.25, 0.3) is 0 Å². The van der Waals surface area contributed by atoms with E-state index >= 15 is 0 Å². The molecule has 3 N–H and O–H groups in total. The highest BCUT2D eigenvalue weighted by atomic mass is 16.5. The summed E-state index contributed by atoms with van der Waals surface area (Å²) in [6, 6.07) is 8.01. The Morgan fingerprint density at radius 2 is 2.00 bits per heavy atom. The highest BCUT2D eigenvalue weighted by Crippen LogP contribution is 2.20. The first-order valence-electron chi connectivity index (χ1n) is 6.87. The second-order valence-electron chi connectivity index (χ2n) is 5.23. The van der Waals surface area contributed by atoms with Crippen LogP contribution in [0.1, 0.15) is 37.7 Å². The Kier molecular flexibility index (Phi) is 4.80. The minimum absolute atomic E-state index is 0.122. The van der Waals surface area contributed by atoms with Crippen LogP contribution in [0.5, 0.6) is 0 Å². The highest BCUT2D eigenvalue weighted by molar-refractivity contribution is 5.77. The lowest BCUT2D eigenvalue weighted by Crippen LogP contribution is -2.39. The Morgan fingerprint density at radius 1 is 1.37 bits per heavy atom. The van der Waals surface area contributed by atoms with E-state index in [0.717, 1.165) is 37.3 Å². The molecule has 0 radical (unpaired) electrons. The van der Waals surface area contributed by atoms with Crippen molar-refractivity contribution in [3.05, 3.63) is 29.8 Å². The predicted molar refractivity (Wildman–Crippen MR) is 75.9 cm³/mol. The molecule has 4 heteroatoms. The van der Waals surface area contributed by atoms with E-state index < -0.39 is 0 Å². The van der Waals surface area contributed by atoms with E-state index in [1.54, 1.807) is 0 Å². The Hall–Kier alpha value is -1.55. The van der Waals surface area contributed by atoms with Crippen molar-refractivity contribution in [2.24, 2.45) is 0 Å². The molecule has 0 bridgehead atoms. The van der Waals surface area contributed by atoms with E-state index in [2.05, 4.69) is 12.2 Å². The van der Waals surface area contributed by atoms with E-state index in [4.69, 9.17) is 10.5 Å². The van der Waals surface area contributed by atoms with E-state index in [1.807, 2.05) is 24.3 Å². The first-order chi connectivity index (χ1) is 9.15. The van der Waals surface area contributed by atoms with E-state index in [9.17, 15) is 4.79 Å². The zero-order chi connectivity index (χ0) is 13.7. The van der Waals surface area contributed by atoms with Gasteiger partial charge in [-0.2, -0.15) is 0 Å². The zero-order valence-corrected chi connectivity index (χ0v) is 11.4. The fraction of sp³-hybridized carbons (Fsp3) is 0.533. The zero-order valence-electron chi connectivity index (χ0n) is 11.4. The van der Waals surface area contributed by atoms with Gasteiger partial charge in [-0.15, -0.1) is 0 Å². The summed E-state index contributed by atoms with van der Waals surface area (Å²) in [6.07, 6.45) is 2.35. The second-order valence-corrected chi connectivity index (χ2v) is 5.23. The summed E-state index contributed by atoms with van der Waals surface area (Å²) in [4.78, 5) is 12.0. The van der Waals surface area contributed by atoms with Gasteiger partial charge in [0.15, 0.2) is 0 Å². The number of carbonyl (C=O) groups excluding carboxylic acids is 1. The number of nitrogens with two attached hydrogens (primary N) is 1. The third-order valence-corrected chi connectivity index (χ3v) is 3.58. The molecule has 1 heterocycles. The Labute approximate surface area is 114 Å². The molecule has 1 atom stereocenters. The first kappa shape index (κ1) is 13.9. The summed E-state index contributed by atoms with van der Waals surface area (Å²) in [7, 11) is 0. The Morgan fingerprint density at radius 3 is 2.63 bits per heavy atom. The molecule has 2 rings (SSSR count). The molecule has 1 aliphatic heterocycles. The molecule has 0 saturated carbocycles. The monoisotopic (exact) mass is 262 g/mol. The molecule has 1 aromatic rings. The minimum Gasteiger partial charge on any atom is -0.399 e. The van der Waals surface area contributed by atoms with Crippen LogP contribution in [0.25, 0.3) is 0 Å². The van der Waals surface area contributed by atoms with Gasteiger partial charge in [-0.05, 0) is 36.5 Å². The maximum absolute atomic E-state index is 12.0. The van der Waals surface area contributed by atoms with Gasteiger partial charge in [-0.3, -0.25) is 4.79 Å². The van der Waals surface area contributed by atoms with E-state index in [-0.39, 0.29) is 17.9 Å². The largest absolute Gasteiger partial charge is 0.399 e. The molecular formula is C15H22N2O2. The van der Waals surface area contributed by atoms with Crippen LogP contribution in [-0.4, -0.2) is 25.2 Å². The van der Waals surface area contributed by atoms with Crippen LogP contribution in [0.3, 0.4) is 0 Å². The third-order valence-electron chi connectivity index (χ3n) is 3.58. The summed E-state index contributed by atoms with van der Waals surface area (Å²) in [5, 5.41) is 3.09. The van der Waals surface area contributed by atoms with Crippen LogP contribution in [0.2, 0.25) is 0 Å². The molecule has 0 aliphatic carbocycles. The maximum Gasteiger partial charge on any atom is 0.220 e. The highest BCUT2D eigenvalue weighted by Gasteiger charge is 2.18. The number of nitrogens with one attached hydrogen (secondary N) is 1. The molecule has 0 spiro atoms. The number of rotatable bonds is 4. The van der Waals surface area contributed by atoms with Gasteiger partial charge in [0.1, 0.15) is 0 Å². The summed E-state index contributed by atoms with van der Waals surface area (Å²) in [5.74, 6) is 0.330. The predicted octanol–water partition coefficient (Wildman–Crippen LogP) is 2.06. The van der Waals surface area contributed by atoms with Gasteiger partial charge < -0.3 is 15.8 Å². The molecule has 1 unspecified atom stereocenters.